The van der Waals surface area contributed by atoms with Crippen molar-refractivity contribution in [2.45, 2.75) is 25.9 Å². The molecule has 1 aromatic heterocycles. The number of nitrogens with one attached hydrogen (secondary N) is 1. The highest BCUT2D eigenvalue weighted by Crippen LogP contribution is 2.27. The maximum Gasteiger partial charge on any atom is 0.251 e. The largest absolute Gasteiger partial charge is 0.497 e. The zero-order valence-electron chi connectivity index (χ0n) is 16.9. The number of rotatable bonds is 6. The summed E-state index contributed by atoms with van der Waals surface area (Å²) in [6, 6.07) is 11.6. The smallest absolute Gasteiger partial charge is 0.251 e. The Kier molecular flexibility index (Phi) is 5.72. The zero-order chi connectivity index (χ0) is 21.1. The minimum Gasteiger partial charge on any atom is -0.497 e. The summed E-state index contributed by atoms with van der Waals surface area (Å²) in [5.41, 5.74) is 0.673. The van der Waals surface area contributed by atoms with Crippen LogP contribution in [0, 0.1) is 6.92 Å². The van der Waals surface area contributed by atoms with E-state index in [-0.39, 0.29) is 23.2 Å². The fourth-order valence-corrected chi connectivity index (χ4v) is 3.42. The minimum atomic E-state index is -0.269. The van der Waals surface area contributed by atoms with Gasteiger partial charge in [-0.2, -0.15) is 0 Å². The van der Waals surface area contributed by atoms with Gasteiger partial charge >= 0.3 is 0 Å². The molecule has 1 saturated heterocycles. The minimum absolute atomic E-state index is 0.0895. The Labute approximate surface area is 173 Å². The Hall–Kier alpha value is -3.32. The summed E-state index contributed by atoms with van der Waals surface area (Å²) in [7, 11) is 1.55. The second-order valence-corrected chi connectivity index (χ2v) is 7.15. The monoisotopic (exact) mass is 409 g/mol. The Balaban J connectivity index is 1.49. The molecule has 1 N–H and O–H groups in total. The summed E-state index contributed by atoms with van der Waals surface area (Å²) in [5.74, 6) is 1.34. The van der Waals surface area contributed by atoms with Crippen LogP contribution < -0.4 is 20.2 Å². The first kappa shape index (κ1) is 20.0. The molecule has 156 valence electrons. The molecule has 1 amide bonds. The summed E-state index contributed by atoms with van der Waals surface area (Å²) >= 11 is 0. The summed E-state index contributed by atoms with van der Waals surface area (Å²) in [5, 5.41) is 3.28. The zero-order valence-corrected chi connectivity index (χ0v) is 16.9. The average Bonchev–Trinajstić information content (AvgIpc) is 3.28. The van der Waals surface area contributed by atoms with Gasteiger partial charge in [-0.3, -0.25) is 9.59 Å². The number of methoxy groups -OCH3 is 1. The van der Waals surface area contributed by atoms with Crippen LogP contribution in [-0.2, 0) is 4.74 Å². The molecule has 0 radical (unpaired) electrons. The first-order valence-corrected chi connectivity index (χ1v) is 9.84. The Bertz CT molecular complexity index is 1110. The maximum atomic E-state index is 12.8. The van der Waals surface area contributed by atoms with Gasteiger partial charge in [0.15, 0.2) is 0 Å². The number of aryl methyl sites for hydroxylation is 1. The molecule has 1 atom stereocenters. The standard InChI is InChI=1S/C23H23NO6/c1-14-22(21(25)19-10-9-17(27-2)12-20(19)29-14)30-16-7-5-15(6-8-16)23(26)24-13-18-4-3-11-28-18/h5-10,12,18H,3-4,11,13H2,1-2H3,(H,24,26). The van der Waals surface area contributed by atoms with Gasteiger partial charge in [0, 0.05) is 24.8 Å². The number of fused-ring (bicyclic) bond motifs is 1. The van der Waals surface area contributed by atoms with Crippen molar-refractivity contribution in [2.24, 2.45) is 0 Å². The predicted molar refractivity (Wildman–Crippen MR) is 112 cm³/mol. The van der Waals surface area contributed by atoms with Gasteiger partial charge in [0.25, 0.3) is 5.91 Å². The molecule has 1 fully saturated rings. The number of amides is 1. The van der Waals surface area contributed by atoms with Crippen LogP contribution >= 0.6 is 0 Å². The van der Waals surface area contributed by atoms with Crippen molar-refractivity contribution in [3.8, 4) is 17.2 Å². The molecule has 30 heavy (non-hydrogen) atoms. The van der Waals surface area contributed by atoms with Crippen molar-refractivity contribution in [2.75, 3.05) is 20.3 Å². The average molecular weight is 409 g/mol. The van der Waals surface area contributed by atoms with Crippen LogP contribution in [-0.4, -0.2) is 32.3 Å². The van der Waals surface area contributed by atoms with E-state index in [0.29, 0.717) is 40.3 Å². The number of ether oxygens (including phenoxy) is 3. The van der Waals surface area contributed by atoms with Gasteiger partial charge in [0.05, 0.1) is 18.6 Å². The van der Waals surface area contributed by atoms with E-state index in [0.717, 1.165) is 19.4 Å². The van der Waals surface area contributed by atoms with E-state index >= 15 is 0 Å². The van der Waals surface area contributed by atoms with E-state index in [1.54, 1.807) is 56.5 Å². The second kappa shape index (κ2) is 8.59. The van der Waals surface area contributed by atoms with Gasteiger partial charge in [-0.25, -0.2) is 0 Å². The molecular weight excluding hydrogens is 386 g/mol. The fourth-order valence-electron chi connectivity index (χ4n) is 3.42. The molecule has 0 spiro atoms. The lowest BCUT2D eigenvalue weighted by Crippen LogP contribution is -2.31. The molecule has 1 aliphatic rings. The van der Waals surface area contributed by atoms with Crippen LogP contribution in [0.1, 0.15) is 29.0 Å². The Morgan fingerprint density at radius 1 is 1.17 bits per heavy atom. The molecule has 7 heteroatoms. The van der Waals surface area contributed by atoms with Gasteiger partial charge in [-0.15, -0.1) is 0 Å². The molecule has 1 aliphatic heterocycles. The molecule has 1 unspecified atom stereocenters. The van der Waals surface area contributed by atoms with Gasteiger partial charge in [0.1, 0.15) is 22.8 Å². The molecule has 7 nitrogen and oxygen atoms in total. The van der Waals surface area contributed by atoms with Crippen molar-refractivity contribution in [1.82, 2.24) is 5.32 Å². The third-order valence-electron chi connectivity index (χ3n) is 5.07. The van der Waals surface area contributed by atoms with Gasteiger partial charge in [-0.1, -0.05) is 0 Å². The predicted octanol–water partition coefficient (Wildman–Crippen LogP) is 3.81. The second-order valence-electron chi connectivity index (χ2n) is 7.15. The Morgan fingerprint density at radius 3 is 2.63 bits per heavy atom. The van der Waals surface area contributed by atoms with Crippen LogP contribution in [0.2, 0.25) is 0 Å². The van der Waals surface area contributed by atoms with Gasteiger partial charge < -0.3 is 23.9 Å². The molecule has 2 aromatic carbocycles. The van der Waals surface area contributed by atoms with Crippen molar-refractivity contribution in [3.05, 3.63) is 64.0 Å². The fraction of sp³-hybridized carbons (Fsp3) is 0.304. The summed E-state index contributed by atoms with van der Waals surface area (Å²) in [4.78, 5) is 25.1. The summed E-state index contributed by atoms with van der Waals surface area (Å²) in [6.45, 7) is 2.92. The maximum absolute atomic E-state index is 12.8. The quantitative estimate of drug-likeness (QED) is 0.666. The number of benzene rings is 2. The van der Waals surface area contributed by atoms with E-state index < -0.39 is 0 Å². The normalized spacial score (nSPS) is 15.9. The molecule has 4 rings (SSSR count). The molecule has 3 aromatic rings. The number of hydrogen-bond donors (Lipinski definition) is 1. The highest BCUT2D eigenvalue weighted by molar-refractivity contribution is 5.94. The molecule has 0 saturated carbocycles. The van der Waals surface area contributed by atoms with Crippen molar-refractivity contribution in [1.29, 1.82) is 0 Å². The van der Waals surface area contributed by atoms with Crippen molar-refractivity contribution < 1.29 is 23.4 Å². The van der Waals surface area contributed by atoms with Crippen LogP contribution in [0.15, 0.2) is 51.7 Å². The lowest BCUT2D eigenvalue weighted by Gasteiger charge is -2.12. The molecule has 0 aliphatic carbocycles. The van der Waals surface area contributed by atoms with Crippen molar-refractivity contribution in [3.63, 3.8) is 0 Å². The topological polar surface area (TPSA) is 87.0 Å². The van der Waals surface area contributed by atoms with E-state index in [1.165, 1.54) is 0 Å². The molecule has 2 heterocycles. The highest BCUT2D eigenvalue weighted by atomic mass is 16.5. The lowest BCUT2D eigenvalue weighted by molar-refractivity contribution is 0.0858. The Morgan fingerprint density at radius 2 is 1.93 bits per heavy atom. The SMILES string of the molecule is COc1ccc2c(=O)c(Oc3ccc(C(=O)NCC4CCCO4)cc3)c(C)oc2c1. The van der Waals surface area contributed by atoms with E-state index in [9.17, 15) is 9.59 Å². The van der Waals surface area contributed by atoms with Crippen molar-refractivity contribution >= 4 is 16.9 Å². The van der Waals surface area contributed by atoms with Crippen LogP contribution in [0.4, 0.5) is 0 Å². The van der Waals surface area contributed by atoms with E-state index in [1.807, 2.05) is 0 Å². The van der Waals surface area contributed by atoms with Gasteiger partial charge in [-0.05, 0) is 56.2 Å². The lowest BCUT2D eigenvalue weighted by atomic mass is 10.2. The van der Waals surface area contributed by atoms with Crippen LogP contribution in [0.25, 0.3) is 11.0 Å². The number of hydrogen-bond acceptors (Lipinski definition) is 6. The molecular formula is C23H23NO6. The first-order valence-electron chi connectivity index (χ1n) is 9.84. The summed E-state index contributed by atoms with van der Waals surface area (Å²) < 4.78 is 22.2. The molecule has 0 bridgehead atoms. The third-order valence-corrected chi connectivity index (χ3v) is 5.07. The van der Waals surface area contributed by atoms with Gasteiger partial charge in [0.2, 0.25) is 11.2 Å². The number of carbonyl (C=O) groups is 1. The first-order chi connectivity index (χ1) is 14.5. The number of carbonyl (C=O) groups excluding carboxylic acids is 1. The van der Waals surface area contributed by atoms with E-state index in [2.05, 4.69) is 5.32 Å². The highest BCUT2D eigenvalue weighted by Gasteiger charge is 2.17. The van der Waals surface area contributed by atoms with Crippen LogP contribution in [0.3, 0.4) is 0 Å². The van der Waals surface area contributed by atoms with E-state index in [4.69, 9.17) is 18.6 Å². The third kappa shape index (κ3) is 4.16. The van der Waals surface area contributed by atoms with Crippen LogP contribution in [0.5, 0.6) is 17.2 Å². The summed E-state index contributed by atoms with van der Waals surface area (Å²) in [6.07, 6.45) is 2.09.